The molecule has 0 radical (unpaired) electrons. The number of carbonyl (C=O) groups excluding carboxylic acids is 2. The van der Waals surface area contributed by atoms with E-state index in [1.165, 1.54) is 24.3 Å². The largest absolute Gasteiger partial charge is 0.365 e. The highest BCUT2D eigenvalue weighted by atomic mass is 16.6. The Balaban J connectivity index is 1.55. The maximum absolute atomic E-state index is 12.1. The van der Waals surface area contributed by atoms with Crippen molar-refractivity contribution in [1.82, 2.24) is 10.9 Å². The molecule has 0 spiro atoms. The SMILES string of the molecule is CN(CC(=O)NNC(=O)c1ccc([N+](=O)[O-])cc1)c1ccc2ccccc2c1. The van der Waals surface area contributed by atoms with Gasteiger partial charge in [0.2, 0.25) is 0 Å². The Labute approximate surface area is 160 Å². The summed E-state index contributed by atoms with van der Waals surface area (Å²) >= 11 is 0. The van der Waals surface area contributed by atoms with E-state index in [1.54, 1.807) is 11.9 Å². The van der Waals surface area contributed by atoms with E-state index in [1.807, 2.05) is 42.5 Å². The smallest absolute Gasteiger partial charge is 0.269 e. The molecule has 3 rings (SSSR count). The third-order valence-electron chi connectivity index (χ3n) is 4.21. The van der Waals surface area contributed by atoms with E-state index in [4.69, 9.17) is 0 Å². The lowest BCUT2D eigenvalue weighted by atomic mass is 10.1. The Morgan fingerprint density at radius 3 is 2.32 bits per heavy atom. The number of nitro groups is 1. The van der Waals surface area contributed by atoms with Crippen LogP contribution in [0.1, 0.15) is 10.4 Å². The first-order chi connectivity index (χ1) is 13.4. The van der Waals surface area contributed by atoms with Gasteiger partial charge in [0.1, 0.15) is 0 Å². The van der Waals surface area contributed by atoms with Crippen molar-refractivity contribution in [2.45, 2.75) is 0 Å². The molecule has 3 aromatic carbocycles. The second-order valence-electron chi connectivity index (χ2n) is 6.19. The van der Waals surface area contributed by atoms with Crippen molar-refractivity contribution in [3.05, 3.63) is 82.4 Å². The van der Waals surface area contributed by atoms with Gasteiger partial charge in [-0.2, -0.15) is 0 Å². The zero-order chi connectivity index (χ0) is 20.1. The number of fused-ring (bicyclic) bond motifs is 1. The number of amides is 2. The topological polar surface area (TPSA) is 105 Å². The van der Waals surface area contributed by atoms with Crippen LogP contribution in [0.15, 0.2) is 66.7 Å². The van der Waals surface area contributed by atoms with E-state index in [0.717, 1.165) is 16.5 Å². The van der Waals surface area contributed by atoms with Gasteiger partial charge >= 0.3 is 0 Å². The first-order valence-corrected chi connectivity index (χ1v) is 8.47. The fourth-order valence-corrected chi connectivity index (χ4v) is 2.69. The number of hydrazine groups is 1. The fourth-order valence-electron chi connectivity index (χ4n) is 2.69. The molecule has 8 heteroatoms. The normalized spacial score (nSPS) is 10.3. The van der Waals surface area contributed by atoms with E-state index in [0.29, 0.717) is 0 Å². The van der Waals surface area contributed by atoms with Gasteiger partial charge in [0.05, 0.1) is 11.5 Å². The lowest BCUT2D eigenvalue weighted by Gasteiger charge is -2.19. The van der Waals surface area contributed by atoms with Gasteiger partial charge in [0.25, 0.3) is 17.5 Å². The standard InChI is InChI=1S/C20H18N4O4/c1-23(18-11-6-14-4-2-3-5-16(14)12-18)13-19(25)21-22-20(26)15-7-9-17(10-8-15)24(27)28/h2-12H,13H2,1H3,(H,21,25)(H,22,26). The minimum absolute atomic E-state index is 0.0406. The predicted molar refractivity (Wildman–Crippen MR) is 106 cm³/mol. The van der Waals surface area contributed by atoms with Crippen LogP contribution in [0.3, 0.4) is 0 Å². The molecular formula is C20H18N4O4. The van der Waals surface area contributed by atoms with E-state index in [2.05, 4.69) is 10.9 Å². The molecule has 0 aliphatic carbocycles. The number of rotatable bonds is 5. The van der Waals surface area contributed by atoms with Crippen LogP contribution < -0.4 is 15.8 Å². The molecule has 2 N–H and O–H groups in total. The lowest BCUT2D eigenvalue weighted by Crippen LogP contribution is -2.45. The average molecular weight is 378 g/mol. The Kier molecular flexibility index (Phi) is 5.50. The van der Waals surface area contributed by atoms with E-state index >= 15 is 0 Å². The molecule has 2 amide bonds. The first-order valence-electron chi connectivity index (χ1n) is 8.47. The summed E-state index contributed by atoms with van der Waals surface area (Å²) in [6.45, 7) is 0.0406. The minimum Gasteiger partial charge on any atom is -0.365 e. The second-order valence-corrected chi connectivity index (χ2v) is 6.19. The number of carbonyl (C=O) groups is 2. The highest BCUT2D eigenvalue weighted by Crippen LogP contribution is 2.21. The molecule has 0 bridgehead atoms. The maximum Gasteiger partial charge on any atom is 0.269 e. The van der Waals surface area contributed by atoms with Gasteiger partial charge < -0.3 is 4.90 Å². The molecule has 0 fully saturated rings. The van der Waals surface area contributed by atoms with Crippen molar-refractivity contribution >= 4 is 34.0 Å². The number of nitrogens with one attached hydrogen (secondary N) is 2. The molecule has 0 aliphatic rings. The summed E-state index contributed by atoms with van der Waals surface area (Å²) in [7, 11) is 1.78. The molecular weight excluding hydrogens is 360 g/mol. The average Bonchev–Trinajstić information content (AvgIpc) is 2.71. The highest BCUT2D eigenvalue weighted by molar-refractivity contribution is 5.96. The number of non-ortho nitro benzene ring substituents is 1. The van der Waals surface area contributed by atoms with Gasteiger partial charge in [0.15, 0.2) is 0 Å². The summed E-state index contributed by atoms with van der Waals surface area (Å²) in [4.78, 5) is 36.0. The van der Waals surface area contributed by atoms with Crippen LogP contribution in [0.4, 0.5) is 11.4 Å². The van der Waals surface area contributed by atoms with Crippen LogP contribution in [0.25, 0.3) is 10.8 Å². The second kappa shape index (κ2) is 8.17. The van der Waals surface area contributed by atoms with Crippen molar-refractivity contribution in [1.29, 1.82) is 0 Å². The van der Waals surface area contributed by atoms with Crippen LogP contribution in [0, 0.1) is 10.1 Å². The third-order valence-corrected chi connectivity index (χ3v) is 4.21. The molecule has 0 saturated carbocycles. The molecule has 0 atom stereocenters. The molecule has 0 saturated heterocycles. The number of likely N-dealkylation sites (N-methyl/N-ethyl adjacent to an activating group) is 1. The van der Waals surface area contributed by atoms with Crippen LogP contribution in [0.2, 0.25) is 0 Å². The van der Waals surface area contributed by atoms with Gasteiger partial charge in [-0.05, 0) is 35.0 Å². The number of hydrogen-bond donors (Lipinski definition) is 2. The molecule has 0 aliphatic heterocycles. The van der Waals surface area contributed by atoms with E-state index in [-0.39, 0.29) is 17.8 Å². The summed E-state index contributed by atoms with van der Waals surface area (Å²) in [5, 5.41) is 12.8. The van der Waals surface area contributed by atoms with Crippen molar-refractivity contribution in [3.63, 3.8) is 0 Å². The summed E-state index contributed by atoms with van der Waals surface area (Å²) in [5.74, 6) is -0.956. The maximum atomic E-state index is 12.1. The predicted octanol–water partition coefficient (Wildman–Crippen LogP) is 2.65. The Bertz CT molecular complexity index is 1030. The summed E-state index contributed by atoms with van der Waals surface area (Å²) in [6.07, 6.45) is 0. The van der Waals surface area contributed by atoms with Crippen molar-refractivity contribution in [3.8, 4) is 0 Å². The fraction of sp³-hybridized carbons (Fsp3) is 0.100. The third kappa shape index (κ3) is 4.42. The number of anilines is 1. The quantitative estimate of drug-likeness (QED) is 0.525. The molecule has 0 aromatic heterocycles. The number of benzene rings is 3. The summed E-state index contributed by atoms with van der Waals surface area (Å²) < 4.78 is 0. The van der Waals surface area contributed by atoms with Gasteiger partial charge in [0, 0.05) is 30.4 Å². The Morgan fingerprint density at radius 1 is 0.964 bits per heavy atom. The summed E-state index contributed by atoms with van der Waals surface area (Å²) in [5.41, 5.74) is 5.60. The molecule has 142 valence electrons. The molecule has 0 heterocycles. The lowest BCUT2D eigenvalue weighted by molar-refractivity contribution is -0.384. The highest BCUT2D eigenvalue weighted by Gasteiger charge is 2.12. The number of nitrogens with zero attached hydrogens (tertiary/aromatic N) is 2. The van der Waals surface area contributed by atoms with Crippen LogP contribution >= 0.6 is 0 Å². The molecule has 8 nitrogen and oxygen atoms in total. The van der Waals surface area contributed by atoms with Gasteiger partial charge in [-0.15, -0.1) is 0 Å². The Hall–Kier alpha value is -3.94. The Morgan fingerprint density at radius 2 is 1.64 bits per heavy atom. The van der Waals surface area contributed by atoms with Crippen molar-refractivity contribution < 1.29 is 14.5 Å². The van der Waals surface area contributed by atoms with Crippen molar-refractivity contribution in [2.75, 3.05) is 18.5 Å². The number of nitro benzene ring substituents is 1. The monoisotopic (exact) mass is 378 g/mol. The zero-order valence-corrected chi connectivity index (χ0v) is 15.1. The molecule has 0 unspecified atom stereocenters. The van der Waals surface area contributed by atoms with E-state index < -0.39 is 16.7 Å². The summed E-state index contributed by atoms with van der Waals surface area (Å²) in [6, 6.07) is 18.9. The molecule has 3 aromatic rings. The van der Waals surface area contributed by atoms with Crippen LogP contribution in [0.5, 0.6) is 0 Å². The van der Waals surface area contributed by atoms with Crippen molar-refractivity contribution in [2.24, 2.45) is 0 Å². The van der Waals surface area contributed by atoms with Crippen LogP contribution in [-0.2, 0) is 4.79 Å². The van der Waals surface area contributed by atoms with Crippen LogP contribution in [-0.4, -0.2) is 30.3 Å². The van der Waals surface area contributed by atoms with Gasteiger partial charge in [-0.25, -0.2) is 0 Å². The molecule has 28 heavy (non-hydrogen) atoms. The van der Waals surface area contributed by atoms with E-state index in [9.17, 15) is 19.7 Å². The first kappa shape index (κ1) is 18.8. The van der Waals surface area contributed by atoms with Gasteiger partial charge in [-0.3, -0.25) is 30.6 Å². The number of hydrogen-bond acceptors (Lipinski definition) is 5. The minimum atomic E-state index is -0.559. The zero-order valence-electron chi connectivity index (χ0n) is 15.1. The van der Waals surface area contributed by atoms with Gasteiger partial charge in [-0.1, -0.05) is 30.3 Å².